The molecule has 2 nitrogen and oxygen atoms in total. The van der Waals surface area contributed by atoms with Crippen molar-refractivity contribution in [2.75, 3.05) is 14.2 Å². The fourth-order valence-corrected chi connectivity index (χ4v) is 0.0962. The summed E-state index contributed by atoms with van der Waals surface area (Å²) in [6, 6.07) is 0. The molecule has 0 saturated heterocycles. The van der Waals surface area contributed by atoms with Crippen molar-refractivity contribution in [3.63, 3.8) is 0 Å². The Bertz CT molecular complexity index is 34.8. The van der Waals surface area contributed by atoms with E-state index >= 15 is 0 Å². The minimum Gasteiger partial charge on any atom is -0.500 e. The zero-order valence-corrected chi connectivity index (χ0v) is 3.89. The lowest BCUT2D eigenvalue weighted by Crippen LogP contribution is -1.67. The first kappa shape index (κ1) is 5.34. The first-order valence-corrected chi connectivity index (χ1v) is 1.54. The molecule has 0 aromatic carbocycles. The SMILES string of the molecule is CO/[C]=C/OC. The van der Waals surface area contributed by atoms with E-state index in [2.05, 4.69) is 15.7 Å². The number of ether oxygens (including phenoxy) is 2. The fourth-order valence-electron chi connectivity index (χ4n) is 0.0962. The van der Waals surface area contributed by atoms with Gasteiger partial charge in [-0.05, 0) is 0 Å². The third kappa shape index (κ3) is 3.34. The Morgan fingerprint density at radius 2 is 2.17 bits per heavy atom. The lowest BCUT2D eigenvalue weighted by atomic mass is 11.0. The van der Waals surface area contributed by atoms with Gasteiger partial charge in [0.1, 0.15) is 6.26 Å². The summed E-state index contributed by atoms with van der Waals surface area (Å²) in [4.78, 5) is 0. The van der Waals surface area contributed by atoms with Gasteiger partial charge < -0.3 is 9.47 Å². The van der Waals surface area contributed by atoms with Crippen LogP contribution in [0.2, 0.25) is 0 Å². The summed E-state index contributed by atoms with van der Waals surface area (Å²) in [7, 11) is 3.04. The van der Waals surface area contributed by atoms with Crippen LogP contribution in [-0.4, -0.2) is 14.2 Å². The molecule has 0 unspecified atom stereocenters. The van der Waals surface area contributed by atoms with Crippen molar-refractivity contribution < 1.29 is 9.47 Å². The van der Waals surface area contributed by atoms with Crippen LogP contribution in [0.25, 0.3) is 0 Å². The summed E-state index contributed by atoms with van der Waals surface area (Å²) >= 11 is 0. The second-order valence-corrected chi connectivity index (χ2v) is 0.676. The highest BCUT2D eigenvalue weighted by atomic mass is 16.5. The highest BCUT2D eigenvalue weighted by molar-refractivity contribution is 4.46. The molecular formula is C4H7O2. The highest BCUT2D eigenvalue weighted by Crippen LogP contribution is 1.67. The van der Waals surface area contributed by atoms with Crippen LogP contribution in [0.1, 0.15) is 0 Å². The second kappa shape index (κ2) is 4.34. The molecule has 0 spiro atoms. The molecule has 1 radical (unpaired) electrons. The van der Waals surface area contributed by atoms with E-state index in [1.54, 1.807) is 0 Å². The maximum absolute atomic E-state index is 4.42. The zero-order chi connectivity index (χ0) is 4.83. The lowest BCUT2D eigenvalue weighted by molar-refractivity contribution is 0.266. The quantitative estimate of drug-likeness (QED) is 0.458. The molecule has 0 rings (SSSR count). The maximum Gasteiger partial charge on any atom is 0.198 e. The van der Waals surface area contributed by atoms with Crippen molar-refractivity contribution in [2.45, 2.75) is 0 Å². The van der Waals surface area contributed by atoms with Gasteiger partial charge in [-0.25, -0.2) is 0 Å². The van der Waals surface area contributed by atoms with Crippen molar-refractivity contribution in [3.05, 3.63) is 12.5 Å². The molecule has 0 saturated carbocycles. The largest absolute Gasteiger partial charge is 0.500 e. The minimum atomic E-state index is 1.33. The van der Waals surface area contributed by atoms with Crippen LogP contribution in [0.3, 0.4) is 0 Å². The molecular weight excluding hydrogens is 80.0 g/mol. The molecule has 0 aromatic rings. The van der Waals surface area contributed by atoms with Crippen LogP contribution < -0.4 is 0 Å². The fraction of sp³-hybridized carbons (Fsp3) is 0.500. The standard InChI is InChI=1S/C4H7O2/c1-5-3-4-6-2/h3H,1-2H3. The van der Waals surface area contributed by atoms with Crippen molar-refractivity contribution >= 4 is 0 Å². The molecule has 0 bridgehead atoms. The van der Waals surface area contributed by atoms with Gasteiger partial charge in [-0.1, -0.05) is 0 Å². The van der Waals surface area contributed by atoms with Gasteiger partial charge in [0.25, 0.3) is 0 Å². The summed E-state index contributed by atoms with van der Waals surface area (Å²) in [6.07, 6.45) is 3.68. The molecule has 0 heterocycles. The summed E-state index contributed by atoms with van der Waals surface area (Å²) in [5, 5.41) is 0. The lowest BCUT2D eigenvalue weighted by Gasteiger charge is -1.81. The van der Waals surface area contributed by atoms with E-state index in [0.29, 0.717) is 0 Å². The molecule has 35 valence electrons. The maximum atomic E-state index is 4.42. The van der Waals surface area contributed by atoms with Crippen molar-refractivity contribution in [1.82, 2.24) is 0 Å². The molecule has 6 heavy (non-hydrogen) atoms. The Labute approximate surface area is 37.4 Å². The average Bonchev–Trinajstić information content (AvgIpc) is 1.61. The Balaban J connectivity index is 2.73. The second-order valence-electron chi connectivity index (χ2n) is 0.676. The van der Waals surface area contributed by atoms with Gasteiger partial charge in [-0.15, -0.1) is 0 Å². The molecule has 2 heteroatoms. The van der Waals surface area contributed by atoms with E-state index < -0.39 is 0 Å². The van der Waals surface area contributed by atoms with Crippen LogP contribution in [0, 0.1) is 6.26 Å². The molecule has 0 aliphatic carbocycles. The van der Waals surface area contributed by atoms with Crippen molar-refractivity contribution in [1.29, 1.82) is 0 Å². The van der Waals surface area contributed by atoms with Gasteiger partial charge >= 0.3 is 0 Å². The van der Waals surface area contributed by atoms with Crippen LogP contribution >= 0.6 is 0 Å². The minimum absolute atomic E-state index is 1.33. The van der Waals surface area contributed by atoms with Crippen LogP contribution in [0.15, 0.2) is 6.26 Å². The Hall–Kier alpha value is -0.660. The molecule has 0 aromatic heterocycles. The van der Waals surface area contributed by atoms with Crippen molar-refractivity contribution in [2.24, 2.45) is 0 Å². The Morgan fingerprint density at radius 1 is 1.50 bits per heavy atom. The number of hydrogen-bond donors (Lipinski definition) is 0. The summed E-state index contributed by atoms with van der Waals surface area (Å²) in [6.45, 7) is 0. The van der Waals surface area contributed by atoms with Crippen LogP contribution in [-0.2, 0) is 9.47 Å². The molecule has 0 fully saturated rings. The Morgan fingerprint density at radius 3 is 2.33 bits per heavy atom. The summed E-state index contributed by atoms with van der Waals surface area (Å²) in [5.74, 6) is 0. The van der Waals surface area contributed by atoms with E-state index in [1.807, 2.05) is 0 Å². The topological polar surface area (TPSA) is 18.5 Å². The summed E-state index contributed by atoms with van der Waals surface area (Å²) in [5.41, 5.74) is 0. The average molecular weight is 87.1 g/mol. The normalized spacial score (nSPS) is 9.00. The van der Waals surface area contributed by atoms with Crippen molar-refractivity contribution in [3.8, 4) is 0 Å². The van der Waals surface area contributed by atoms with Crippen LogP contribution in [0.5, 0.6) is 0 Å². The van der Waals surface area contributed by atoms with E-state index in [4.69, 9.17) is 0 Å². The third-order valence-electron chi connectivity index (χ3n) is 0.284. The first-order chi connectivity index (χ1) is 2.91. The molecule has 0 aliphatic rings. The van der Waals surface area contributed by atoms with E-state index in [9.17, 15) is 0 Å². The van der Waals surface area contributed by atoms with E-state index in [0.717, 1.165) is 0 Å². The summed E-state index contributed by atoms with van der Waals surface area (Å²) < 4.78 is 8.77. The Kier molecular flexibility index (Phi) is 3.86. The zero-order valence-electron chi connectivity index (χ0n) is 3.89. The van der Waals surface area contributed by atoms with Crippen LogP contribution in [0.4, 0.5) is 0 Å². The highest BCUT2D eigenvalue weighted by Gasteiger charge is 1.58. The predicted octanol–water partition coefficient (Wildman–Crippen LogP) is 0.554. The van der Waals surface area contributed by atoms with Gasteiger partial charge in [0, 0.05) is 0 Å². The third-order valence-corrected chi connectivity index (χ3v) is 0.284. The van der Waals surface area contributed by atoms with Gasteiger partial charge in [-0.3, -0.25) is 0 Å². The monoisotopic (exact) mass is 87.0 g/mol. The van der Waals surface area contributed by atoms with E-state index in [1.165, 1.54) is 20.5 Å². The first-order valence-electron chi connectivity index (χ1n) is 1.54. The number of hydrogen-bond acceptors (Lipinski definition) is 2. The smallest absolute Gasteiger partial charge is 0.198 e. The predicted molar refractivity (Wildman–Crippen MR) is 21.8 cm³/mol. The van der Waals surface area contributed by atoms with Gasteiger partial charge in [-0.2, -0.15) is 0 Å². The molecule has 0 N–H and O–H groups in total. The number of methoxy groups -OCH3 is 2. The molecule has 0 amide bonds. The number of rotatable bonds is 2. The van der Waals surface area contributed by atoms with Gasteiger partial charge in [0.05, 0.1) is 14.2 Å². The molecule has 0 atom stereocenters. The van der Waals surface area contributed by atoms with Gasteiger partial charge in [0.2, 0.25) is 0 Å². The molecule has 0 aliphatic heterocycles. The van der Waals surface area contributed by atoms with E-state index in [-0.39, 0.29) is 0 Å². The van der Waals surface area contributed by atoms with Gasteiger partial charge in [0.15, 0.2) is 6.26 Å².